The Labute approximate surface area is 160 Å². The summed E-state index contributed by atoms with van der Waals surface area (Å²) in [6.45, 7) is 2.88. The summed E-state index contributed by atoms with van der Waals surface area (Å²) in [5.74, 6) is 0.763. The number of halogens is 1. The monoisotopic (exact) mass is 379 g/mol. The fraction of sp³-hybridized carbons (Fsp3) is 0.200. The molecule has 3 aromatic rings. The van der Waals surface area contributed by atoms with E-state index in [0.717, 1.165) is 11.4 Å². The van der Waals surface area contributed by atoms with Crippen LogP contribution in [-0.2, 0) is 17.9 Å². The molecule has 0 spiro atoms. The van der Waals surface area contributed by atoms with Gasteiger partial charge >= 0.3 is 0 Å². The van der Waals surface area contributed by atoms with Crippen molar-refractivity contribution in [2.45, 2.75) is 20.0 Å². The predicted molar refractivity (Wildman–Crippen MR) is 101 cm³/mol. The highest BCUT2D eigenvalue weighted by Gasteiger charge is 2.25. The molecule has 2 heterocycles. The van der Waals surface area contributed by atoms with E-state index in [1.54, 1.807) is 4.90 Å². The van der Waals surface area contributed by atoms with Gasteiger partial charge in [0.05, 0.1) is 6.54 Å². The number of rotatable bonds is 3. The number of carbonyl (C=O) groups is 2. The van der Waals surface area contributed by atoms with Gasteiger partial charge in [-0.3, -0.25) is 9.59 Å². The number of hydrogen-bond acceptors (Lipinski definition) is 4. The third-order valence-corrected chi connectivity index (χ3v) is 4.60. The quantitative estimate of drug-likeness (QED) is 0.759. The fourth-order valence-corrected chi connectivity index (χ4v) is 3.23. The molecule has 0 saturated carbocycles. The highest BCUT2D eigenvalue weighted by atomic mass is 19.1. The molecule has 7 nitrogen and oxygen atoms in total. The largest absolute Gasteiger partial charge is 0.329 e. The standard InChI is InChI=1S/C20H18FN5O2/c1-13(27)22-17-8-4-14(5-9-17)19-24-23-18-12-25(10-11-26(18)19)20(28)15-2-6-16(21)7-3-15/h2-9H,10-12H2,1H3,(H,22,27). The molecule has 1 aliphatic heterocycles. The summed E-state index contributed by atoms with van der Waals surface area (Å²) in [5, 5.41) is 11.2. The van der Waals surface area contributed by atoms with E-state index in [1.165, 1.54) is 31.2 Å². The Kier molecular flexibility index (Phi) is 4.60. The molecule has 0 bridgehead atoms. The van der Waals surface area contributed by atoms with Gasteiger partial charge in [0.1, 0.15) is 5.82 Å². The first kappa shape index (κ1) is 17.8. The Hall–Kier alpha value is -3.55. The van der Waals surface area contributed by atoms with Crippen LogP contribution in [0.5, 0.6) is 0 Å². The first-order valence-corrected chi connectivity index (χ1v) is 8.86. The lowest BCUT2D eigenvalue weighted by Gasteiger charge is -2.28. The smallest absolute Gasteiger partial charge is 0.254 e. The van der Waals surface area contributed by atoms with Crippen molar-refractivity contribution in [3.05, 3.63) is 65.7 Å². The molecule has 4 rings (SSSR count). The summed E-state index contributed by atoms with van der Waals surface area (Å²) in [7, 11) is 0. The van der Waals surface area contributed by atoms with Crippen LogP contribution >= 0.6 is 0 Å². The zero-order valence-electron chi connectivity index (χ0n) is 15.2. The molecule has 2 aromatic carbocycles. The molecule has 1 N–H and O–H groups in total. The maximum Gasteiger partial charge on any atom is 0.254 e. The lowest BCUT2D eigenvalue weighted by Crippen LogP contribution is -2.38. The molecule has 1 aromatic heterocycles. The second-order valence-electron chi connectivity index (χ2n) is 6.58. The Morgan fingerprint density at radius 3 is 2.39 bits per heavy atom. The van der Waals surface area contributed by atoms with Crippen LogP contribution in [0.4, 0.5) is 10.1 Å². The topological polar surface area (TPSA) is 80.1 Å². The van der Waals surface area contributed by atoms with E-state index in [9.17, 15) is 14.0 Å². The van der Waals surface area contributed by atoms with E-state index in [2.05, 4.69) is 15.5 Å². The van der Waals surface area contributed by atoms with Crippen molar-refractivity contribution >= 4 is 17.5 Å². The summed E-state index contributed by atoms with van der Waals surface area (Å²) in [4.78, 5) is 25.5. The van der Waals surface area contributed by atoms with Crippen LogP contribution in [0.25, 0.3) is 11.4 Å². The van der Waals surface area contributed by atoms with Crippen LogP contribution in [0.3, 0.4) is 0 Å². The van der Waals surface area contributed by atoms with E-state index in [4.69, 9.17) is 0 Å². The van der Waals surface area contributed by atoms with E-state index in [-0.39, 0.29) is 17.6 Å². The molecular weight excluding hydrogens is 361 g/mol. The average Bonchev–Trinajstić information content (AvgIpc) is 3.11. The van der Waals surface area contributed by atoms with E-state index in [0.29, 0.717) is 36.7 Å². The SMILES string of the molecule is CC(=O)Nc1ccc(-c2nnc3n2CCN(C(=O)c2ccc(F)cc2)C3)cc1. The number of hydrogen-bond donors (Lipinski definition) is 1. The molecule has 0 aliphatic carbocycles. The summed E-state index contributed by atoms with van der Waals surface area (Å²) < 4.78 is 15.1. The Bertz CT molecular complexity index is 1030. The fourth-order valence-electron chi connectivity index (χ4n) is 3.23. The minimum absolute atomic E-state index is 0.126. The summed E-state index contributed by atoms with van der Waals surface area (Å²) in [6.07, 6.45) is 0. The van der Waals surface area contributed by atoms with Crippen LogP contribution in [0.15, 0.2) is 48.5 Å². The summed E-state index contributed by atoms with van der Waals surface area (Å²) in [6, 6.07) is 12.9. The van der Waals surface area contributed by atoms with Gasteiger partial charge in [0.2, 0.25) is 5.91 Å². The highest BCUT2D eigenvalue weighted by molar-refractivity contribution is 5.94. The van der Waals surface area contributed by atoms with Crippen LogP contribution < -0.4 is 5.32 Å². The molecule has 28 heavy (non-hydrogen) atoms. The molecule has 142 valence electrons. The Balaban J connectivity index is 1.52. The molecule has 0 unspecified atom stereocenters. The normalized spacial score (nSPS) is 13.1. The van der Waals surface area contributed by atoms with Crippen molar-refractivity contribution in [2.75, 3.05) is 11.9 Å². The molecule has 0 saturated heterocycles. The minimum Gasteiger partial charge on any atom is -0.329 e. The second kappa shape index (κ2) is 7.22. The van der Waals surface area contributed by atoms with Crippen molar-refractivity contribution < 1.29 is 14.0 Å². The number of nitrogens with one attached hydrogen (secondary N) is 1. The zero-order valence-corrected chi connectivity index (χ0v) is 15.2. The van der Waals surface area contributed by atoms with Crippen LogP contribution in [-0.4, -0.2) is 38.0 Å². The zero-order chi connectivity index (χ0) is 19.7. The van der Waals surface area contributed by atoms with Gasteiger partial charge in [0, 0.05) is 36.8 Å². The molecule has 0 radical (unpaired) electrons. The Morgan fingerprint density at radius 1 is 1.00 bits per heavy atom. The van der Waals surface area contributed by atoms with Gasteiger partial charge in [0.15, 0.2) is 11.6 Å². The molecule has 2 amide bonds. The number of carbonyl (C=O) groups excluding carboxylic acids is 2. The van der Waals surface area contributed by atoms with Crippen molar-refractivity contribution in [1.29, 1.82) is 0 Å². The van der Waals surface area contributed by atoms with Crippen LogP contribution in [0, 0.1) is 5.82 Å². The van der Waals surface area contributed by atoms with Gasteiger partial charge in [-0.15, -0.1) is 10.2 Å². The van der Waals surface area contributed by atoms with Gasteiger partial charge in [-0.05, 0) is 48.5 Å². The van der Waals surface area contributed by atoms with Crippen molar-refractivity contribution in [3.63, 3.8) is 0 Å². The number of amides is 2. The van der Waals surface area contributed by atoms with Gasteiger partial charge in [0.25, 0.3) is 5.91 Å². The first-order valence-electron chi connectivity index (χ1n) is 8.86. The number of fused-ring (bicyclic) bond motifs is 1. The van der Waals surface area contributed by atoms with Gasteiger partial charge in [-0.1, -0.05) is 0 Å². The molecule has 8 heteroatoms. The van der Waals surface area contributed by atoms with E-state index >= 15 is 0 Å². The van der Waals surface area contributed by atoms with E-state index < -0.39 is 0 Å². The lowest BCUT2D eigenvalue weighted by molar-refractivity contribution is -0.114. The summed E-state index contributed by atoms with van der Waals surface area (Å²) in [5.41, 5.74) is 2.04. The molecular formula is C20H18FN5O2. The van der Waals surface area contributed by atoms with Gasteiger partial charge in [-0.25, -0.2) is 4.39 Å². The van der Waals surface area contributed by atoms with E-state index in [1.807, 2.05) is 28.8 Å². The molecule has 1 aliphatic rings. The Morgan fingerprint density at radius 2 is 1.71 bits per heavy atom. The van der Waals surface area contributed by atoms with Crippen LogP contribution in [0.2, 0.25) is 0 Å². The summed E-state index contributed by atoms with van der Waals surface area (Å²) >= 11 is 0. The second-order valence-corrected chi connectivity index (χ2v) is 6.58. The van der Waals surface area contributed by atoms with Crippen LogP contribution in [0.1, 0.15) is 23.1 Å². The van der Waals surface area contributed by atoms with Crippen molar-refractivity contribution in [2.24, 2.45) is 0 Å². The number of aromatic nitrogens is 3. The number of anilines is 1. The van der Waals surface area contributed by atoms with Crippen molar-refractivity contribution in [1.82, 2.24) is 19.7 Å². The van der Waals surface area contributed by atoms with Gasteiger partial charge in [-0.2, -0.15) is 0 Å². The third kappa shape index (κ3) is 3.48. The van der Waals surface area contributed by atoms with Gasteiger partial charge < -0.3 is 14.8 Å². The average molecular weight is 379 g/mol. The lowest BCUT2D eigenvalue weighted by atomic mass is 10.1. The minimum atomic E-state index is -0.371. The molecule has 0 atom stereocenters. The maximum atomic E-state index is 13.1. The first-order chi connectivity index (χ1) is 13.5. The third-order valence-electron chi connectivity index (χ3n) is 4.60. The predicted octanol–water partition coefficient (Wildman–Crippen LogP) is 2.70. The maximum absolute atomic E-state index is 13.1. The number of benzene rings is 2. The highest BCUT2D eigenvalue weighted by Crippen LogP contribution is 2.24. The molecule has 0 fully saturated rings. The number of nitrogens with zero attached hydrogens (tertiary/aromatic N) is 4. The van der Waals surface area contributed by atoms with Crippen molar-refractivity contribution in [3.8, 4) is 11.4 Å².